The fraction of sp³-hybridized carbons (Fsp3) is 0.235. The smallest absolute Gasteiger partial charge is 0.261 e. The van der Waals surface area contributed by atoms with Gasteiger partial charge in [-0.05, 0) is 42.8 Å². The summed E-state index contributed by atoms with van der Waals surface area (Å²) < 4.78 is 50.0. The summed E-state index contributed by atoms with van der Waals surface area (Å²) in [6.45, 7) is 0. The van der Waals surface area contributed by atoms with E-state index >= 15 is 0 Å². The van der Waals surface area contributed by atoms with Crippen LogP contribution >= 0.6 is 0 Å². The van der Waals surface area contributed by atoms with Crippen molar-refractivity contribution in [3.05, 3.63) is 60.2 Å². The van der Waals surface area contributed by atoms with Gasteiger partial charge in [0.2, 0.25) is 0 Å². The molecule has 2 aromatic rings. The third kappa shape index (κ3) is 4.41. The Balaban J connectivity index is 1.69. The lowest BCUT2D eigenvalue weighted by molar-refractivity contribution is 0.0941. The second-order valence-electron chi connectivity index (χ2n) is 6.07. The Labute approximate surface area is 152 Å². The van der Waals surface area contributed by atoms with E-state index in [4.69, 9.17) is 0 Å². The quantitative estimate of drug-likeness (QED) is 0.797. The van der Waals surface area contributed by atoms with Crippen LogP contribution in [0.2, 0.25) is 0 Å². The molecule has 3 rings (SSSR count). The molecule has 0 bridgehead atoms. The Hall–Kier alpha value is -2.39. The van der Waals surface area contributed by atoms with Crippen molar-refractivity contribution in [1.29, 1.82) is 0 Å². The second-order valence-corrected chi connectivity index (χ2v) is 9.98. The van der Waals surface area contributed by atoms with Gasteiger partial charge < -0.3 is 5.32 Å². The molecule has 7 nitrogen and oxygen atoms in total. The van der Waals surface area contributed by atoms with Crippen LogP contribution < -0.4 is 10.0 Å². The van der Waals surface area contributed by atoms with Crippen LogP contribution in [0, 0.1) is 0 Å². The van der Waals surface area contributed by atoms with Gasteiger partial charge in [-0.25, -0.2) is 16.8 Å². The molecule has 9 heteroatoms. The Bertz CT molecular complexity index is 1000. The van der Waals surface area contributed by atoms with E-state index in [2.05, 4.69) is 10.0 Å². The van der Waals surface area contributed by atoms with E-state index < -0.39 is 31.8 Å². The summed E-state index contributed by atoms with van der Waals surface area (Å²) >= 11 is 0. The minimum atomic E-state index is -3.75. The first-order valence-corrected chi connectivity index (χ1v) is 11.2. The van der Waals surface area contributed by atoms with Gasteiger partial charge >= 0.3 is 0 Å². The molecule has 1 atom stereocenters. The zero-order valence-corrected chi connectivity index (χ0v) is 15.4. The highest BCUT2D eigenvalue weighted by Gasteiger charge is 2.29. The molecule has 1 amide bonds. The zero-order chi connectivity index (χ0) is 18.8. The topological polar surface area (TPSA) is 109 Å². The van der Waals surface area contributed by atoms with E-state index in [1.807, 2.05) is 0 Å². The van der Waals surface area contributed by atoms with Crippen molar-refractivity contribution in [3.63, 3.8) is 0 Å². The molecule has 1 heterocycles. The lowest BCUT2D eigenvalue weighted by Crippen LogP contribution is -2.35. The predicted molar refractivity (Wildman–Crippen MR) is 98.2 cm³/mol. The summed E-state index contributed by atoms with van der Waals surface area (Å²) in [6.07, 6.45) is 0.390. The molecule has 2 aromatic carbocycles. The van der Waals surface area contributed by atoms with Crippen LogP contribution in [0.5, 0.6) is 0 Å². The van der Waals surface area contributed by atoms with Crippen molar-refractivity contribution in [2.24, 2.45) is 0 Å². The van der Waals surface area contributed by atoms with Gasteiger partial charge in [-0.3, -0.25) is 9.52 Å². The van der Waals surface area contributed by atoms with Crippen LogP contribution in [-0.4, -0.2) is 40.3 Å². The lowest BCUT2D eigenvalue weighted by atomic mass is 10.2. The molecule has 1 saturated heterocycles. The second kappa shape index (κ2) is 7.08. The Morgan fingerprint density at radius 3 is 2.23 bits per heavy atom. The first-order chi connectivity index (χ1) is 12.3. The molecule has 0 radical (unpaired) electrons. The fourth-order valence-electron chi connectivity index (χ4n) is 2.68. The molecule has 1 aliphatic rings. The lowest BCUT2D eigenvalue weighted by Gasteiger charge is -2.12. The maximum atomic E-state index is 12.4. The monoisotopic (exact) mass is 394 g/mol. The minimum Gasteiger partial charge on any atom is -0.348 e. The summed E-state index contributed by atoms with van der Waals surface area (Å²) in [7, 11) is -6.84. The average Bonchev–Trinajstić information content (AvgIpc) is 2.94. The molecule has 0 aromatic heterocycles. The molecule has 138 valence electrons. The number of para-hydroxylation sites is 1. The van der Waals surface area contributed by atoms with E-state index in [1.54, 1.807) is 30.3 Å². The van der Waals surface area contributed by atoms with E-state index in [1.165, 1.54) is 24.3 Å². The molecule has 0 aliphatic carbocycles. The number of sulfone groups is 1. The van der Waals surface area contributed by atoms with E-state index in [0.29, 0.717) is 12.1 Å². The van der Waals surface area contributed by atoms with Crippen LogP contribution in [0.15, 0.2) is 59.5 Å². The number of nitrogens with one attached hydrogen (secondary N) is 2. The van der Waals surface area contributed by atoms with Gasteiger partial charge in [0.15, 0.2) is 9.84 Å². The van der Waals surface area contributed by atoms with Crippen molar-refractivity contribution >= 4 is 31.5 Å². The molecule has 2 N–H and O–H groups in total. The summed E-state index contributed by atoms with van der Waals surface area (Å²) in [5.74, 6) is -0.418. The summed E-state index contributed by atoms with van der Waals surface area (Å²) in [4.78, 5) is 12.2. The summed E-state index contributed by atoms with van der Waals surface area (Å²) in [5, 5.41) is 2.67. The largest absolute Gasteiger partial charge is 0.348 e. The molecule has 1 unspecified atom stereocenters. The number of rotatable bonds is 5. The Morgan fingerprint density at radius 2 is 1.65 bits per heavy atom. The van der Waals surface area contributed by atoms with Crippen LogP contribution in [-0.2, 0) is 19.9 Å². The van der Waals surface area contributed by atoms with Gasteiger partial charge in [0, 0.05) is 17.3 Å². The van der Waals surface area contributed by atoms with Crippen molar-refractivity contribution in [2.75, 3.05) is 16.2 Å². The molecule has 1 aliphatic heterocycles. The molecule has 1 fully saturated rings. The number of carbonyl (C=O) groups is 1. The third-order valence-electron chi connectivity index (χ3n) is 4.02. The molecule has 0 saturated carbocycles. The zero-order valence-electron chi connectivity index (χ0n) is 13.8. The van der Waals surface area contributed by atoms with Crippen molar-refractivity contribution in [1.82, 2.24) is 5.32 Å². The molecule has 26 heavy (non-hydrogen) atoms. The predicted octanol–water partition coefficient (Wildman–Crippen LogP) is 1.40. The number of amides is 1. The van der Waals surface area contributed by atoms with Crippen LogP contribution in [0.25, 0.3) is 0 Å². The summed E-state index contributed by atoms with van der Waals surface area (Å²) in [6, 6.07) is 13.6. The highest BCUT2D eigenvalue weighted by Crippen LogP contribution is 2.17. The van der Waals surface area contributed by atoms with E-state index in [-0.39, 0.29) is 22.0 Å². The van der Waals surface area contributed by atoms with Gasteiger partial charge in [0.25, 0.3) is 15.9 Å². The minimum absolute atomic E-state index is 0.0290. The van der Waals surface area contributed by atoms with Gasteiger partial charge in [0.05, 0.1) is 16.4 Å². The standard InChI is InChI=1S/C17H18N2O5S2/c20-17(18-15-10-11-25(21,22)12-15)13-6-8-16(9-7-13)26(23,24)19-14-4-2-1-3-5-14/h1-9,15,19H,10-12H2,(H,18,20). The first kappa shape index (κ1) is 18.4. The maximum Gasteiger partial charge on any atom is 0.261 e. The summed E-state index contributed by atoms with van der Waals surface area (Å²) in [5.41, 5.74) is 0.713. The van der Waals surface area contributed by atoms with Gasteiger partial charge in [0.1, 0.15) is 0 Å². The number of carbonyl (C=O) groups excluding carboxylic acids is 1. The number of anilines is 1. The van der Waals surface area contributed by atoms with Gasteiger partial charge in [-0.1, -0.05) is 18.2 Å². The third-order valence-corrected chi connectivity index (χ3v) is 7.19. The van der Waals surface area contributed by atoms with Crippen molar-refractivity contribution in [3.8, 4) is 0 Å². The SMILES string of the molecule is O=C(NC1CCS(=O)(=O)C1)c1ccc(S(=O)(=O)Nc2ccccc2)cc1. The number of sulfonamides is 1. The fourth-order valence-corrected chi connectivity index (χ4v) is 5.42. The highest BCUT2D eigenvalue weighted by molar-refractivity contribution is 7.92. The van der Waals surface area contributed by atoms with E-state index in [9.17, 15) is 21.6 Å². The highest BCUT2D eigenvalue weighted by atomic mass is 32.2. The van der Waals surface area contributed by atoms with Crippen LogP contribution in [0.4, 0.5) is 5.69 Å². The Kier molecular flexibility index (Phi) is 5.01. The van der Waals surface area contributed by atoms with Crippen LogP contribution in [0.3, 0.4) is 0 Å². The average molecular weight is 394 g/mol. The number of hydrogen-bond acceptors (Lipinski definition) is 5. The van der Waals surface area contributed by atoms with E-state index in [0.717, 1.165) is 0 Å². The molecular weight excluding hydrogens is 376 g/mol. The molecular formula is C17H18N2O5S2. The maximum absolute atomic E-state index is 12.4. The number of benzene rings is 2. The number of hydrogen-bond donors (Lipinski definition) is 2. The van der Waals surface area contributed by atoms with Crippen molar-refractivity contribution in [2.45, 2.75) is 17.4 Å². The van der Waals surface area contributed by atoms with Crippen LogP contribution in [0.1, 0.15) is 16.8 Å². The normalized spacial score (nSPS) is 19.0. The first-order valence-electron chi connectivity index (χ1n) is 7.94. The van der Waals surface area contributed by atoms with Crippen molar-refractivity contribution < 1.29 is 21.6 Å². The molecule has 0 spiro atoms. The van der Waals surface area contributed by atoms with Gasteiger partial charge in [-0.15, -0.1) is 0 Å². The Morgan fingerprint density at radius 1 is 1.00 bits per heavy atom. The van der Waals surface area contributed by atoms with Gasteiger partial charge in [-0.2, -0.15) is 0 Å².